The molecule has 2 atom stereocenters. The molecule has 3 nitrogen and oxygen atoms in total. The number of halogens is 3. The number of rotatable bonds is 2. The fraction of sp³-hybridized carbons (Fsp3) is 0.500. The zero-order valence-corrected chi connectivity index (χ0v) is 9.57. The summed E-state index contributed by atoms with van der Waals surface area (Å²) in [4.78, 5) is 2.14. The van der Waals surface area contributed by atoms with Gasteiger partial charge in [0.25, 0.3) is 0 Å². The van der Waals surface area contributed by atoms with Crippen molar-refractivity contribution in [2.24, 2.45) is 0 Å². The van der Waals surface area contributed by atoms with E-state index in [1.54, 1.807) is 6.07 Å². The van der Waals surface area contributed by atoms with E-state index < -0.39 is 6.36 Å². The first kappa shape index (κ1) is 11.6. The second kappa shape index (κ2) is 4.05. The summed E-state index contributed by atoms with van der Waals surface area (Å²) in [6, 6.07) is 7.04. The van der Waals surface area contributed by atoms with Crippen molar-refractivity contribution >= 4 is 5.69 Å². The SMILES string of the molecule is FC(F)(F)Oc1cccc(N2C[C@@H]3C[C@H]2CN3)c1. The van der Waals surface area contributed by atoms with Crippen LogP contribution in [0.25, 0.3) is 0 Å². The van der Waals surface area contributed by atoms with Crippen LogP contribution in [0.1, 0.15) is 6.42 Å². The molecule has 0 spiro atoms. The smallest absolute Gasteiger partial charge is 0.406 e. The van der Waals surface area contributed by atoms with Crippen LogP contribution in [0.4, 0.5) is 18.9 Å². The Bertz CT molecular complexity index is 449. The number of alkyl halides is 3. The van der Waals surface area contributed by atoms with E-state index in [2.05, 4.69) is 15.0 Å². The van der Waals surface area contributed by atoms with E-state index in [1.165, 1.54) is 12.1 Å². The molecule has 0 saturated carbocycles. The second-order valence-corrected chi connectivity index (χ2v) is 4.69. The number of ether oxygens (including phenoxy) is 1. The Morgan fingerprint density at radius 3 is 2.78 bits per heavy atom. The molecule has 2 aliphatic heterocycles. The lowest BCUT2D eigenvalue weighted by atomic mass is 10.2. The highest BCUT2D eigenvalue weighted by atomic mass is 19.4. The predicted octanol–water partition coefficient (Wildman–Crippen LogP) is 2.14. The molecule has 0 aromatic heterocycles. The highest BCUT2D eigenvalue weighted by Gasteiger charge is 2.38. The minimum Gasteiger partial charge on any atom is -0.406 e. The summed E-state index contributed by atoms with van der Waals surface area (Å²) < 4.78 is 40.4. The number of piperazine rings is 1. The van der Waals surface area contributed by atoms with Gasteiger partial charge in [-0.15, -0.1) is 13.2 Å². The van der Waals surface area contributed by atoms with Crippen LogP contribution >= 0.6 is 0 Å². The fourth-order valence-electron chi connectivity index (χ4n) is 2.74. The van der Waals surface area contributed by atoms with Gasteiger partial charge in [-0.05, 0) is 18.6 Å². The van der Waals surface area contributed by atoms with E-state index in [9.17, 15) is 13.2 Å². The van der Waals surface area contributed by atoms with Gasteiger partial charge in [0.1, 0.15) is 5.75 Å². The standard InChI is InChI=1S/C12H13F3N2O/c13-12(14,15)18-11-3-1-2-9(5-11)17-7-8-4-10(17)6-16-8/h1-3,5,8,10,16H,4,6-7H2/t8-,10-/m0/s1. The van der Waals surface area contributed by atoms with Gasteiger partial charge in [0.05, 0.1) is 0 Å². The number of nitrogens with zero attached hydrogens (tertiary/aromatic N) is 1. The van der Waals surface area contributed by atoms with Crippen molar-refractivity contribution in [1.29, 1.82) is 0 Å². The van der Waals surface area contributed by atoms with Crippen molar-refractivity contribution < 1.29 is 17.9 Å². The average Bonchev–Trinajstić information content (AvgIpc) is 2.88. The van der Waals surface area contributed by atoms with Crippen molar-refractivity contribution in [3.05, 3.63) is 24.3 Å². The Balaban J connectivity index is 1.79. The summed E-state index contributed by atoms with van der Waals surface area (Å²) in [5.74, 6) is -0.157. The van der Waals surface area contributed by atoms with Gasteiger partial charge in [-0.2, -0.15) is 0 Å². The molecule has 6 heteroatoms. The zero-order chi connectivity index (χ0) is 12.8. The van der Waals surface area contributed by atoms with Gasteiger partial charge in [0.2, 0.25) is 0 Å². The van der Waals surface area contributed by atoms with Crippen molar-refractivity contribution in [2.75, 3.05) is 18.0 Å². The second-order valence-electron chi connectivity index (χ2n) is 4.69. The van der Waals surface area contributed by atoms with E-state index in [-0.39, 0.29) is 5.75 Å². The Morgan fingerprint density at radius 1 is 1.33 bits per heavy atom. The molecule has 1 aromatic rings. The summed E-state index contributed by atoms with van der Waals surface area (Å²) >= 11 is 0. The molecule has 2 bridgehead atoms. The van der Waals surface area contributed by atoms with E-state index in [1.807, 2.05) is 6.07 Å². The van der Waals surface area contributed by atoms with Crippen molar-refractivity contribution in [1.82, 2.24) is 5.32 Å². The Kier molecular flexibility index (Phi) is 2.62. The third kappa shape index (κ3) is 2.25. The maximum Gasteiger partial charge on any atom is 0.573 e. The summed E-state index contributed by atoms with van der Waals surface area (Å²) in [6.45, 7) is 1.75. The predicted molar refractivity (Wildman–Crippen MR) is 60.7 cm³/mol. The summed E-state index contributed by atoms with van der Waals surface area (Å²) in [5.41, 5.74) is 0.797. The average molecular weight is 258 g/mol. The largest absolute Gasteiger partial charge is 0.573 e. The molecular weight excluding hydrogens is 245 g/mol. The van der Waals surface area contributed by atoms with Gasteiger partial charge in [-0.1, -0.05) is 6.07 Å². The maximum absolute atomic E-state index is 12.2. The lowest BCUT2D eigenvalue weighted by Gasteiger charge is -2.29. The van der Waals surface area contributed by atoms with Crippen LogP contribution in [0.3, 0.4) is 0 Å². The highest BCUT2D eigenvalue weighted by Crippen LogP contribution is 2.32. The number of hydrogen-bond donors (Lipinski definition) is 1. The van der Waals surface area contributed by atoms with Crippen molar-refractivity contribution in [3.8, 4) is 5.75 Å². The first-order valence-electron chi connectivity index (χ1n) is 5.87. The Morgan fingerprint density at radius 2 is 2.17 bits per heavy atom. The Labute approximate surface area is 103 Å². The first-order chi connectivity index (χ1) is 8.51. The van der Waals surface area contributed by atoms with Gasteiger partial charge in [-0.25, -0.2) is 0 Å². The van der Waals surface area contributed by atoms with Crippen LogP contribution in [-0.4, -0.2) is 31.5 Å². The molecule has 3 rings (SSSR count). The van der Waals surface area contributed by atoms with Crippen LogP contribution in [0.2, 0.25) is 0 Å². The number of benzene rings is 1. The third-order valence-electron chi connectivity index (χ3n) is 3.44. The van der Waals surface area contributed by atoms with Crippen LogP contribution in [0, 0.1) is 0 Å². The Hall–Kier alpha value is -1.43. The minimum atomic E-state index is -4.63. The number of anilines is 1. The molecule has 0 amide bonds. The van der Waals surface area contributed by atoms with Gasteiger partial charge in [0, 0.05) is 36.9 Å². The lowest BCUT2D eigenvalue weighted by molar-refractivity contribution is -0.274. The van der Waals surface area contributed by atoms with E-state index >= 15 is 0 Å². The maximum atomic E-state index is 12.2. The molecule has 0 aliphatic carbocycles. The molecule has 98 valence electrons. The van der Waals surface area contributed by atoms with Crippen LogP contribution in [0.5, 0.6) is 5.75 Å². The van der Waals surface area contributed by atoms with Crippen molar-refractivity contribution in [3.63, 3.8) is 0 Å². The summed E-state index contributed by atoms with van der Waals surface area (Å²) in [7, 11) is 0. The molecule has 18 heavy (non-hydrogen) atoms. The van der Waals surface area contributed by atoms with E-state index in [4.69, 9.17) is 0 Å². The van der Waals surface area contributed by atoms with E-state index in [0.29, 0.717) is 12.1 Å². The van der Waals surface area contributed by atoms with Gasteiger partial charge in [0.15, 0.2) is 0 Å². The summed E-state index contributed by atoms with van der Waals surface area (Å²) in [5, 5.41) is 3.36. The molecule has 2 saturated heterocycles. The van der Waals surface area contributed by atoms with Gasteiger partial charge < -0.3 is 15.0 Å². The molecule has 1 N–H and O–H groups in total. The first-order valence-corrected chi connectivity index (χ1v) is 5.87. The molecule has 0 unspecified atom stereocenters. The zero-order valence-electron chi connectivity index (χ0n) is 9.57. The van der Waals surface area contributed by atoms with Crippen LogP contribution < -0.4 is 15.0 Å². The monoisotopic (exact) mass is 258 g/mol. The molecule has 1 aromatic carbocycles. The normalized spacial score (nSPS) is 26.7. The number of fused-ring (bicyclic) bond motifs is 2. The highest BCUT2D eigenvalue weighted by molar-refractivity contribution is 5.53. The lowest BCUT2D eigenvalue weighted by Crippen LogP contribution is -2.43. The van der Waals surface area contributed by atoms with Crippen LogP contribution in [-0.2, 0) is 0 Å². The summed E-state index contributed by atoms with van der Waals surface area (Å²) in [6.07, 6.45) is -3.57. The van der Waals surface area contributed by atoms with Gasteiger partial charge >= 0.3 is 6.36 Å². The minimum absolute atomic E-state index is 0.157. The number of nitrogens with one attached hydrogen (secondary N) is 1. The molecule has 2 heterocycles. The molecule has 2 aliphatic rings. The van der Waals surface area contributed by atoms with Crippen LogP contribution in [0.15, 0.2) is 24.3 Å². The topological polar surface area (TPSA) is 24.5 Å². The number of hydrogen-bond acceptors (Lipinski definition) is 3. The quantitative estimate of drug-likeness (QED) is 0.879. The third-order valence-corrected chi connectivity index (χ3v) is 3.44. The fourth-order valence-corrected chi connectivity index (χ4v) is 2.74. The van der Waals surface area contributed by atoms with Crippen molar-refractivity contribution in [2.45, 2.75) is 24.9 Å². The molecule has 2 fully saturated rings. The molecule has 0 radical (unpaired) electrons. The molecular formula is C12H13F3N2O. The van der Waals surface area contributed by atoms with Gasteiger partial charge in [-0.3, -0.25) is 0 Å². The van der Waals surface area contributed by atoms with E-state index in [0.717, 1.165) is 25.2 Å².